The Morgan fingerprint density at radius 2 is 2.14 bits per heavy atom. The van der Waals surface area contributed by atoms with E-state index >= 15 is 0 Å². The maximum atomic E-state index is 12.1. The highest BCUT2D eigenvalue weighted by molar-refractivity contribution is 5.92. The molecule has 0 radical (unpaired) electrons. The van der Waals surface area contributed by atoms with Crippen molar-refractivity contribution in [1.82, 2.24) is 20.3 Å². The number of aromatic nitrogens is 3. The summed E-state index contributed by atoms with van der Waals surface area (Å²) in [5.41, 5.74) is 3.44. The summed E-state index contributed by atoms with van der Waals surface area (Å²) in [6.45, 7) is 11.5. The smallest absolute Gasteiger partial charge is 0.273 e. The Balaban J connectivity index is 2.04. The summed E-state index contributed by atoms with van der Waals surface area (Å²) in [5, 5.41) is 11.2. The van der Waals surface area contributed by atoms with E-state index in [9.17, 15) is 4.79 Å². The minimum absolute atomic E-state index is 0.214. The minimum Gasteiger partial charge on any atom is -0.360 e. The van der Waals surface area contributed by atoms with Gasteiger partial charge in [-0.15, -0.1) is 0 Å². The first-order chi connectivity index (χ1) is 10.4. The first-order valence-electron chi connectivity index (χ1n) is 7.71. The fourth-order valence-electron chi connectivity index (χ4n) is 2.35. The molecule has 2 rings (SSSR count). The van der Waals surface area contributed by atoms with E-state index in [1.54, 1.807) is 6.07 Å². The molecule has 22 heavy (non-hydrogen) atoms. The highest BCUT2D eigenvalue weighted by atomic mass is 16.5. The van der Waals surface area contributed by atoms with Crippen LogP contribution in [-0.2, 0) is 13.1 Å². The Hall–Kier alpha value is -2.11. The van der Waals surface area contributed by atoms with Gasteiger partial charge < -0.3 is 9.84 Å². The van der Waals surface area contributed by atoms with Crippen LogP contribution in [0.15, 0.2) is 10.6 Å². The number of nitrogens with one attached hydrogen (secondary N) is 1. The second kappa shape index (κ2) is 6.77. The molecule has 2 aromatic rings. The van der Waals surface area contributed by atoms with Crippen molar-refractivity contribution in [3.8, 4) is 0 Å². The van der Waals surface area contributed by atoms with Gasteiger partial charge in [0.1, 0.15) is 5.76 Å². The third kappa shape index (κ3) is 3.37. The van der Waals surface area contributed by atoms with Gasteiger partial charge in [0.2, 0.25) is 0 Å². The number of carbonyl (C=O) groups is 1. The van der Waals surface area contributed by atoms with Crippen LogP contribution in [0.5, 0.6) is 0 Å². The summed E-state index contributed by atoms with van der Waals surface area (Å²) in [4.78, 5) is 12.1. The van der Waals surface area contributed by atoms with Crippen LogP contribution >= 0.6 is 0 Å². The van der Waals surface area contributed by atoms with Crippen molar-refractivity contribution in [3.63, 3.8) is 0 Å². The van der Waals surface area contributed by atoms with Crippen molar-refractivity contribution < 1.29 is 9.32 Å². The lowest BCUT2D eigenvalue weighted by Gasteiger charge is -2.05. The van der Waals surface area contributed by atoms with Crippen LogP contribution < -0.4 is 5.32 Å². The van der Waals surface area contributed by atoms with Crippen LogP contribution in [0, 0.1) is 13.8 Å². The number of rotatable bonds is 6. The van der Waals surface area contributed by atoms with E-state index in [1.807, 2.05) is 32.4 Å². The van der Waals surface area contributed by atoms with Crippen molar-refractivity contribution in [2.24, 2.45) is 0 Å². The molecular formula is C16H24N4O2. The van der Waals surface area contributed by atoms with Gasteiger partial charge in [0.25, 0.3) is 5.91 Å². The van der Waals surface area contributed by atoms with Crippen LogP contribution in [-0.4, -0.2) is 20.8 Å². The number of nitrogens with zero attached hydrogens (tertiary/aromatic N) is 3. The Bertz CT molecular complexity index is 655. The van der Waals surface area contributed by atoms with Gasteiger partial charge >= 0.3 is 0 Å². The maximum absolute atomic E-state index is 12.1. The lowest BCUT2D eigenvalue weighted by atomic mass is 10.1. The van der Waals surface area contributed by atoms with Crippen molar-refractivity contribution >= 4 is 5.91 Å². The molecule has 6 nitrogen and oxygen atoms in total. The zero-order valence-electron chi connectivity index (χ0n) is 13.9. The molecule has 0 atom stereocenters. The van der Waals surface area contributed by atoms with Gasteiger partial charge in [0.15, 0.2) is 5.69 Å². The molecule has 6 heteroatoms. The Morgan fingerprint density at radius 3 is 2.73 bits per heavy atom. The number of hydrogen-bond donors (Lipinski definition) is 1. The first-order valence-corrected chi connectivity index (χ1v) is 7.71. The molecule has 1 N–H and O–H groups in total. The number of carbonyl (C=O) groups excluding carboxylic acids is 1. The largest absolute Gasteiger partial charge is 0.360 e. The third-order valence-corrected chi connectivity index (χ3v) is 3.72. The average Bonchev–Trinajstić information content (AvgIpc) is 3.05. The molecule has 0 fully saturated rings. The second-order valence-corrected chi connectivity index (χ2v) is 5.82. The zero-order valence-corrected chi connectivity index (χ0v) is 13.9. The van der Waals surface area contributed by atoms with E-state index in [4.69, 9.17) is 4.52 Å². The van der Waals surface area contributed by atoms with E-state index in [-0.39, 0.29) is 11.8 Å². The molecule has 2 heterocycles. The van der Waals surface area contributed by atoms with E-state index < -0.39 is 0 Å². The Kier molecular flexibility index (Phi) is 5.00. The van der Waals surface area contributed by atoms with Crippen molar-refractivity contribution in [2.45, 2.75) is 60.0 Å². The maximum Gasteiger partial charge on any atom is 0.273 e. The summed E-state index contributed by atoms with van der Waals surface area (Å²) in [5.74, 6) is 0.705. The fourth-order valence-corrected chi connectivity index (χ4v) is 2.35. The number of aryl methyl sites for hydroxylation is 2. The normalized spacial score (nSPS) is 11.2. The summed E-state index contributed by atoms with van der Waals surface area (Å²) < 4.78 is 7.15. The van der Waals surface area contributed by atoms with Gasteiger partial charge in [-0.2, -0.15) is 5.10 Å². The van der Waals surface area contributed by atoms with Gasteiger partial charge in [0, 0.05) is 36.3 Å². The standard InChI is InChI=1S/C16H24N4O2/c1-6-7-20-12(5)13(11(4)18-20)9-17-16(21)14-8-15(10(2)3)22-19-14/h8,10H,6-7,9H2,1-5H3,(H,17,21). The van der Waals surface area contributed by atoms with Gasteiger partial charge in [0.05, 0.1) is 5.69 Å². The van der Waals surface area contributed by atoms with E-state index in [2.05, 4.69) is 22.5 Å². The van der Waals surface area contributed by atoms with E-state index in [1.165, 1.54) is 0 Å². The van der Waals surface area contributed by atoms with Crippen LogP contribution in [0.2, 0.25) is 0 Å². The molecule has 0 aliphatic carbocycles. The zero-order chi connectivity index (χ0) is 16.3. The fraction of sp³-hybridized carbons (Fsp3) is 0.562. The van der Waals surface area contributed by atoms with Crippen molar-refractivity contribution in [1.29, 1.82) is 0 Å². The minimum atomic E-state index is -0.224. The summed E-state index contributed by atoms with van der Waals surface area (Å²) >= 11 is 0. The molecule has 0 aromatic carbocycles. The van der Waals surface area contributed by atoms with Crippen LogP contribution in [0.25, 0.3) is 0 Å². The second-order valence-electron chi connectivity index (χ2n) is 5.82. The summed E-state index contributed by atoms with van der Waals surface area (Å²) in [6.07, 6.45) is 1.03. The van der Waals surface area contributed by atoms with Crippen LogP contribution in [0.3, 0.4) is 0 Å². The molecule has 120 valence electrons. The molecular weight excluding hydrogens is 280 g/mol. The SMILES string of the molecule is CCCn1nc(C)c(CNC(=O)c2cc(C(C)C)on2)c1C. The average molecular weight is 304 g/mol. The van der Waals surface area contributed by atoms with Gasteiger partial charge in [-0.25, -0.2) is 0 Å². The molecule has 0 aliphatic heterocycles. The van der Waals surface area contributed by atoms with Crippen molar-refractivity contribution in [3.05, 3.63) is 34.5 Å². The molecule has 0 spiro atoms. The highest BCUT2D eigenvalue weighted by Crippen LogP contribution is 2.16. The first kappa shape index (κ1) is 16.3. The topological polar surface area (TPSA) is 73.0 Å². The van der Waals surface area contributed by atoms with E-state index in [0.717, 1.165) is 29.9 Å². The van der Waals surface area contributed by atoms with E-state index in [0.29, 0.717) is 18.0 Å². The predicted molar refractivity (Wildman–Crippen MR) is 83.8 cm³/mol. The van der Waals surface area contributed by atoms with Crippen molar-refractivity contribution in [2.75, 3.05) is 0 Å². The molecule has 1 amide bonds. The van der Waals surface area contributed by atoms with Gasteiger partial charge in [-0.3, -0.25) is 9.48 Å². The third-order valence-electron chi connectivity index (χ3n) is 3.72. The monoisotopic (exact) mass is 304 g/mol. The number of amides is 1. The Morgan fingerprint density at radius 1 is 1.41 bits per heavy atom. The molecule has 0 aliphatic rings. The lowest BCUT2D eigenvalue weighted by molar-refractivity contribution is 0.0941. The molecule has 0 saturated heterocycles. The number of hydrogen-bond acceptors (Lipinski definition) is 4. The summed E-state index contributed by atoms with van der Waals surface area (Å²) in [7, 11) is 0. The Labute approximate surface area is 130 Å². The predicted octanol–water partition coefficient (Wildman–Crippen LogP) is 2.95. The molecule has 2 aromatic heterocycles. The summed E-state index contributed by atoms with van der Waals surface area (Å²) in [6, 6.07) is 1.69. The molecule has 0 saturated carbocycles. The van der Waals surface area contributed by atoms with Gasteiger partial charge in [-0.05, 0) is 20.3 Å². The quantitative estimate of drug-likeness (QED) is 0.890. The van der Waals surface area contributed by atoms with Gasteiger partial charge in [-0.1, -0.05) is 25.9 Å². The van der Waals surface area contributed by atoms with Crippen LogP contribution in [0.4, 0.5) is 0 Å². The van der Waals surface area contributed by atoms with Crippen LogP contribution in [0.1, 0.15) is 66.3 Å². The molecule has 0 unspecified atom stereocenters. The lowest BCUT2D eigenvalue weighted by Crippen LogP contribution is -2.23. The highest BCUT2D eigenvalue weighted by Gasteiger charge is 2.16. The molecule has 0 bridgehead atoms.